The third kappa shape index (κ3) is 16.4. The largest absolute Gasteiger partial charge is 3.00 e. The summed E-state index contributed by atoms with van der Waals surface area (Å²) in [7, 11) is 0. The van der Waals surface area contributed by atoms with Crippen LogP contribution < -0.4 is 0 Å². The molecule has 0 aromatic heterocycles. The SMILES string of the molecule is C[C-]=C(C)O[CH-]C.[CH3-].[Y+3].[Y]. The van der Waals surface area contributed by atoms with Crippen molar-refractivity contribution < 1.29 is 70.2 Å². The first-order chi connectivity index (χ1) is 3.31. The van der Waals surface area contributed by atoms with Gasteiger partial charge in [0.2, 0.25) is 0 Å². The summed E-state index contributed by atoms with van der Waals surface area (Å²) in [5.74, 6) is 0.822. The van der Waals surface area contributed by atoms with Crippen molar-refractivity contribution in [3.8, 4) is 0 Å². The third-order valence-corrected chi connectivity index (χ3v) is 0.647. The summed E-state index contributed by atoms with van der Waals surface area (Å²) in [4.78, 5) is 0. The van der Waals surface area contributed by atoms with Crippen LogP contribution in [-0.2, 0) is 70.2 Å². The fraction of sp³-hybridized carbons (Fsp3) is 0.429. The van der Waals surface area contributed by atoms with Gasteiger partial charge < -0.3 is 18.2 Å². The van der Waals surface area contributed by atoms with E-state index < -0.39 is 0 Å². The van der Waals surface area contributed by atoms with Gasteiger partial charge in [-0.2, -0.15) is 20.5 Å². The predicted octanol–water partition coefficient (Wildman–Crippen LogP) is 2.36. The molecule has 10 heavy (non-hydrogen) atoms. The summed E-state index contributed by atoms with van der Waals surface area (Å²) >= 11 is 0. The summed E-state index contributed by atoms with van der Waals surface area (Å²) in [5, 5.41) is 0. The average Bonchev–Trinajstić information content (AvgIpc) is 1.68. The molecule has 0 N–H and O–H groups in total. The Labute approximate surface area is 115 Å². The van der Waals surface area contributed by atoms with E-state index in [1.54, 1.807) is 6.61 Å². The predicted molar refractivity (Wildman–Crippen MR) is 35.6 cm³/mol. The first-order valence-corrected chi connectivity index (χ1v) is 2.27. The Morgan fingerprint density at radius 2 is 1.90 bits per heavy atom. The van der Waals surface area contributed by atoms with E-state index in [0.717, 1.165) is 5.76 Å². The van der Waals surface area contributed by atoms with Gasteiger partial charge >= 0.3 is 32.7 Å². The van der Waals surface area contributed by atoms with Crippen molar-refractivity contribution in [2.45, 2.75) is 20.8 Å². The van der Waals surface area contributed by atoms with Crippen LogP contribution in [0.15, 0.2) is 5.76 Å². The molecule has 3 heteroatoms. The number of hydrogen-bond acceptors (Lipinski definition) is 1. The van der Waals surface area contributed by atoms with Gasteiger partial charge in [-0.05, 0) is 6.92 Å². The summed E-state index contributed by atoms with van der Waals surface area (Å²) in [6, 6.07) is 0. The molecular formula is C7H13OY2. The molecule has 0 fully saturated rings. The molecule has 0 aromatic carbocycles. The van der Waals surface area contributed by atoms with Gasteiger partial charge in [0.05, 0.1) is 0 Å². The second-order valence-electron chi connectivity index (χ2n) is 1.16. The quantitative estimate of drug-likeness (QED) is 0.560. The van der Waals surface area contributed by atoms with Gasteiger partial charge in [0, 0.05) is 32.7 Å². The normalized spacial score (nSPS) is 8.10. The van der Waals surface area contributed by atoms with Crippen molar-refractivity contribution in [1.82, 2.24) is 0 Å². The summed E-state index contributed by atoms with van der Waals surface area (Å²) < 4.78 is 4.87. The minimum absolute atomic E-state index is 0. The van der Waals surface area contributed by atoms with Crippen molar-refractivity contribution in [3.05, 3.63) is 25.9 Å². The van der Waals surface area contributed by atoms with Crippen LogP contribution in [0.2, 0.25) is 0 Å². The Morgan fingerprint density at radius 1 is 1.50 bits per heavy atom. The Balaban J connectivity index is -0.0000000600. The van der Waals surface area contributed by atoms with Gasteiger partial charge in [-0.3, -0.25) is 0 Å². The molecule has 0 aliphatic heterocycles. The van der Waals surface area contributed by atoms with Crippen LogP contribution in [-0.4, -0.2) is 0 Å². The second kappa shape index (κ2) is 17.0. The molecule has 0 atom stereocenters. The minimum atomic E-state index is 0. The van der Waals surface area contributed by atoms with Gasteiger partial charge in [-0.15, -0.1) is 5.76 Å². The van der Waals surface area contributed by atoms with Crippen molar-refractivity contribution in [2.75, 3.05) is 0 Å². The number of hydrogen-bond donors (Lipinski definition) is 0. The summed E-state index contributed by atoms with van der Waals surface area (Å²) in [5.41, 5.74) is 0. The smallest absolute Gasteiger partial charge is 0.691 e. The van der Waals surface area contributed by atoms with Crippen LogP contribution in [0.25, 0.3) is 0 Å². The maximum Gasteiger partial charge on any atom is 3.00 e. The molecule has 0 heterocycles. The Bertz CT molecular complexity index is 72.0. The Morgan fingerprint density at radius 3 is 2.00 bits per heavy atom. The van der Waals surface area contributed by atoms with E-state index >= 15 is 0 Å². The van der Waals surface area contributed by atoms with Crippen LogP contribution in [0.1, 0.15) is 20.8 Å². The molecule has 0 saturated carbocycles. The summed E-state index contributed by atoms with van der Waals surface area (Å²) in [6.07, 6.45) is 2.83. The van der Waals surface area contributed by atoms with Crippen LogP contribution in [0.3, 0.4) is 0 Å². The van der Waals surface area contributed by atoms with Crippen LogP contribution in [0.4, 0.5) is 0 Å². The van der Waals surface area contributed by atoms with Crippen molar-refractivity contribution in [2.24, 2.45) is 0 Å². The van der Waals surface area contributed by atoms with Crippen molar-refractivity contribution in [3.63, 3.8) is 0 Å². The maximum atomic E-state index is 4.87. The van der Waals surface area contributed by atoms with Crippen LogP contribution in [0.5, 0.6) is 0 Å². The molecule has 0 unspecified atom stereocenters. The van der Waals surface area contributed by atoms with E-state index in [1.165, 1.54) is 0 Å². The van der Waals surface area contributed by atoms with Crippen LogP contribution in [0, 0.1) is 20.1 Å². The summed E-state index contributed by atoms with van der Waals surface area (Å²) in [6.45, 7) is 7.14. The van der Waals surface area contributed by atoms with E-state index in [-0.39, 0.29) is 72.8 Å². The van der Waals surface area contributed by atoms with E-state index in [4.69, 9.17) is 4.74 Å². The van der Waals surface area contributed by atoms with Crippen LogP contribution >= 0.6 is 0 Å². The zero-order valence-corrected chi connectivity index (χ0v) is 12.8. The second-order valence-corrected chi connectivity index (χ2v) is 1.16. The number of rotatable bonds is 2. The first-order valence-electron chi connectivity index (χ1n) is 2.27. The molecule has 0 rings (SSSR count). The van der Waals surface area contributed by atoms with E-state index in [2.05, 4.69) is 6.08 Å². The van der Waals surface area contributed by atoms with E-state index in [9.17, 15) is 0 Å². The number of allylic oxidation sites excluding steroid dienone is 2. The maximum absolute atomic E-state index is 4.87. The molecule has 0 amide bonds. The van der Waals surface area contributed by atoms with Gasteiger partial charge in [0.15, 0.2) is 0 Å². The molecule has 0 aliphatic carbocycles. The Hall–Kier alpha value is 1.75. The number of ether oxygens (including phenoxy) is 1. The molecular weight excluding hydrogens is 278 g/mol. The fourth-order valence-electron chi connectivity index (χ4n) is 0.236. The van der Waals surface area contributed by atoms with Gasteiger partial charge in [0.1, 0.15) is 0 Å². The third-order valence-electron chi connectivity index (χ3n) is 0.647. The Kier molecular flexibility index (Phi) is 38.5. The van der Waals surface area contributed by atoms with Crippen molar-refractivity contribution >= 4 is 0 Å². The molecule has 0 saturated heterocycles. The minimum Gasteiger partial charge on any atom is -0.691 e. The zero-order chi connectivity index (χ0) is 5.70. The molecule has 1 radical (unpaired) electrons. The van der Waals surface area contributed by atoms with Crippen molar-refractivity contribution in [1.29, 1.82) is 0 Å². The topological polar surface area (TPSA) is 9.23 Å². The molecule has 0 spiro atoms. The average molecular weight is 291 g/mol. The van der Waals surface area contributed by atoms with E-state index in [0.29, 0.717) is 0 Å². The molecule has 0 aromatic rings. The molecule has 0 aliphatic rings. The fourth-order valence-corrected chi connectivity index (χ4v) is 0.236. The van der Waals surface area contributed by atoms with E-state index in [1.807, 2.05) is 20.8 Å². The molecule has 53 valence electrons. The van der Waals surface area contributed by atoms with Gasteiger partial charge in [-0.1, -0.05) is 0 Å². The first kappa shape index (κ1) is 22.6. The zero-order valence-electron chi connectivity index (χ0n) is 7.14. The molecule has 0 bridgehead atoms. The van der Waals surface area contributed by atoms with Gasteiger partial charge in [-0.25, -0.2) is 0 Å². The standard InChI is InChI=1S/C6H10O.CH3.2Y/c1-4-6(3)7-5-2;;;/h5H,1-3H3;1H3;;/q-2;-1;;+3. The van der Waals surface area contributed by atoms with Gasteiger partial charge in [0.25, 0.3) is 0 Å². The monoisotopic (exact) mass is 291 g/mol. The molecule has 1 nitrogen and oxygen atoms in total.